The summed E-state index contributed by atoms with van der Waals surface area (Å²) in [6.45, 7) is 8.65. The van der Waals surface area contributed by atoms with Crippen molar-refractivity contribution in [1.82, 2.24) is 0 Å². The highest BCUT2D eigenvalue weighted by Gasteiger charge is 2.74. The molecule has 13 atom stereocenters. The van der Waals surface area contributed by atoms with Gasteiger partial charge in [-0.15, -0.1) is 0 Å². The van der Waals surface area contributed by atoms with Gasteiger partial charge in [0.2, 0.25) is 10.4 Å². The van der Waals surface area contributed by atoms with Crippen LogP contribution in [0, 0.1) is 40.4 Å². The summed E-state index contributed by atoms with van der Waals surface area (Å²) in [4.78, 5) is 0. The van der Waals surface area contributed by atoms with Crippen LogP contribution in [0.4, 0.5) is 0 Å². The summed E-state index contributed by atoms with van der Waals surface area (Å²) in [6, 6.07) is 0. The molecule has 0 spiro atoms. The molecule has 40 heavy (non-hydrogen) atoms. The zero-order valence-corrected chi connectivity index (χ0v) is 25.2. The van der Waals surface area contributed by atoms with Crippen LogP contribution in [0.5, 0.6) is 0 Å². The maximum absolute atomic E-state index is 12.4. The molecule has 0 aromatic rings. The van der Waals surface area contributed by atoms with Gasteiger partial charge in [0.05, 0.1) is 41.7 Å². The van der Waals surface area contributed by atoms with E-state index in [0.29, 0.717) is 32.1 Å². The molecular weight excluding hydrogens is 540 g/mol. The predicted molar refractivity (Wildman–Crippen MR) is 145 cm³/mol. The highest BCUT2D eigenvalue weighted by molar-refractivity contribution is 7.80. The quantitative estimate of drug-likeness (QED) is 0.138. The summed E-state index contributed by atoms with van der Waals surface area (Å²) in [5.74, 6) is -1.42. The van der Waals surface area contributed by atoms with E-state index in [1.807, 2.05) is 32.9 Å². The molecular formula is C29H49O10S-. The van der Waals surface area contributed by atoms with Crippen molar-refractivity contribution in [3.63, 3.8) is 0 Å². The van der Waals surface area contributed by atoms with E-state index in [1.165, 1.54) is 6.92 Å². The van der Waals surface area contributed by atoms with E-state index in [0.717, 1.165) is 6.42 Å². The minimum absolute atomic E-state index is 0.0200. The molecule has 4 saturated carbocycles. The highest BCUT2D eigenvalue weighted by atomic mass is 32.3. The molecule has 0 bridgehead atoms. The summed E-state index contributed by atoms with van der Waals surface area (Å²) in [5.41, 5.74) is -5.74. The van der Waals surface area contributed by atoms with Gasteiger partial charge in [-0.3, -0.25) is 4.18 Å². The summed E-state index contributed by atoms with van der Waals surface area (Å²) < 4.78 is 37.1. The molecule has 4 fully saturated rings. The van der Waals surface area contributed by atoms with Gasteiger partial charge in [0, 0.05) is 30.1 Å². The Morgan fingerprint density at radius 2 is 1.75 bits per heavy atom. The number of fused-ring (bicyclic) bond motifs is 5. The predicted octanol–water partition coefficient (Wildman–Crippen LogP) is 1.62. The number of allylic oxidation sites excluding steroid dienone is 1. The Balaban J connectivity index is 1.58. The van der Waals surface area contributed by atoms with Gasteiger partial charge in [0.1, 0.15) is 0 Å². The molecule has 10 nitrogen and oxygen atoms in total. The molecule has 0 amide bonds. The van der Waals surface area contributed by atoms with Crippen molar-refractivity contribution in [3.05, 3.63) is 12.2 Å². The molecule has 0 saturated heterocycles. The molecule has 0 heterocycles. The van der Waals surface area contributed by atoms with Gasteiger partial charge in [-0.25, -0.2) is 8.42 Å². The van der Waals surface area contributed by atoms with Crippen molar-refractivity contribution in [3.8, 4) is 0 Å². The molecule has 0 radical (unpaired) electrons. The topological polar surface area (TPSA) is 188 Å². The monoisotopic (exact) mass is 589 g/mol. The van der Waals surface area contributed by atoms with E-state index in [-0.39, 0.29) is 30.6 Å². The second kappa shape index (κ2) is 10.5. The van der Waals surface area contributed by atoms with Gasteiger partial charge >= 0.3 is 0 Å². The Kier molecular flexibility index (Phi) is 8.49. The first-order valence-corrected chi connectivity index (χ1v) is 16.1. The van der Waals surface area contributed by atoms with E-state index in [9.17, 15) is 43.6 Å². The first-order chi connectivity index (χ1) is 18.2. The Morgan fingerprint density at radius 3 is 2.35 bits per heavy atom. The fourth-order valence-electron chi connectivity index (χ4n) is 9.83. The molecule has 0 aliphatic heterocycles. The van der Waals surface area contributed by atoms with Crippen LogP contribution < -0.4 is 0 Å². The third kappa shape index (κ3) is 5.11. The molecule has 0 aromatic carbocycles. The van der Waals surface area contributed by atoms with Crippen molar-refractivity contribution >= 4 is 10.4 Å². The maximum Gasteiger partial charge on any atom is 0.217 e. The summed E-state index contributed by atoms with van der Waals surface area (Å²) in [7, 11) is -4.94. The van der Waals surface area contributed by atoms with Crippen LogP contribution in [0.2, 0.25) is 0 Å². The van der Waals surface area contributed by atoms with Gasteiger partial charge < -0.3 is 35.2 Å². The number of hydrogen-bond acceptors (Lipinski definition) is 10. The molecule has 4 rings (SSSR count). The Morgan fingerprint density at radius 1 is 1.10 bits per heavy atom. The molecule has 4 aliphatic rings. The minimum atomic E-state index is -4.94. The van der Waals surface area contributed by atoms with E-state index >= 15 is 0 Å². The van der Waals surface area contributed by atoms with Crippen LogP contribution >= 0.6 is 0 Å². The lowest BCUT2D eigenvalue weighted by atomic mass is 9.40. The molecule has 0 aromatic heterocycles. The van der Waals surface area contributed by atoms with Crippen molar-refractivity contribution in [2.45, 2.75) is 121 Å². The summed E-state index contributed by atoms with van der Waals surface area (Å²) in [6.07, 6.45) is 4.26. The average Bonchev–Trinajstić information content (AvgIpc) is 3.11. The van der Waals surface area contributed by atoms with E-state index in [4.69, 9.17) is 0 Å². The van der Waals surface area contributed by atoms with Crippen molar-refractivity contribution in [1.29, 1.82) is 0 Å². The largest absolute Gasteiger partial charge is 0.726 e. The lowest BCUT2D eigenvalue weighted by molar-refractivity contribution is -0.315. The van der Waals surface area contributed by atoms with E-state index in [1.54, 1.807) is 0 Å². The van der Waals surface area contributed by atoms with Crippen LogP contribution in [-0.4, -0.2) is 85.3 Å². The number of aliphatic hydroxyl groups is 6. The van der Waals surface area contributed by atoms with Gasteiger partial charge in [0.25, 0.3) is 0 Å². The Labute approximate surface area is 238 Å². The minimum Gasteiger partial charge on any atom is -0.726 e. The normalized spacial score (nSPS) is 48.6. The fourth-order valence-corrected chi connectivity index (χ4v) is 10.2. The van der Waals surface area contributed by atoms with Crippen LogP contribution in [0.25, 0.3) is 0 Å². The number of aliphatic hydroxyl groups excluding tert-OH is 3. The third-order valence-electron chi connectivity index (χ3n) is 11.9. The Hall–Kier alpha value is -0.630. The highest BCUT2D eigenvalue weighted by Crippen LogP contribution is 2.70. The molecule has 0 unspecified atom stereocenters. The first-order valence-electron chi connectivity index (χ1n) is 14.7. The Bertz CT molecular complexity index is 1080. The third-order valence-corrected chi connectivity index (χ3v) is 12.3. The maximum atomic E-state index is 12.4. The molecule has 232 valence electrons. The second-order valence-electron chi connectivity index (χ2n) is 14.2. The smallest absolute Gasteiger partial charge is 0.217 e. The fraction of sp³-hybridized carbons (Fsp3) is 0.931. The van der Waals surface area contributed by atoms with Crippen LogP contribution in [0.15, 0.2) is 12.2 Å². The van der Waals surface area contributed by atoms with Gasteiger partial charge in [-0.05, 0) is 68.6 Å². The van der Waals surface area contributed by atoms with Crippen molar-refractivity contribution in [2.75, 3.05) is 6.61 Å². The lowest BCUT2D eigenvalue weighted by Crippen LogP contribution is -2.75. The van der Waals surface area contributed by atoms with Crippen molar-refractivity contribution in [2.24, 2.45) is 40.4 Å². The van der Waals surface area contributed by atoms with Crippen LogP contribution in [0.3, 0.4) is 0 Å². The molecule has 11 heteroatoms. The van der Waals surface area contributed by atoms with E-state index in [2.05, 4.69) is 11.1 Å². The second-order valence-corrected chi connectivity index (χ2v) is 15.3. The van der Waals surface area contributed by atoms with Crippen LogP contribution in [0.1, 0.15) is 86.0 Å². The van der Waals surface area contributed by atoms with Crippen LogP contribution in [-0.2, 0) is 14.6 Å². The number of rotatable bonds is 8. The zero-order valence-electron chi connectivity index (χ0n) is 24.4. The zero-order chi connectivity index (χ0) is 30.1. The standard InChI is InChI=1S/C29H50O10S/c1-6-18(27(5,33)16-39-40(36,37)38)8-7-17(2)20-13-21(31)24-25(20,3)11-10-22-26(4)12-9-19(30)14-29(26,35)23(32)15-28(22,24)34/h7-8,17-24,30-35H,6,9-16H2,1-5H3,(H,36,37,38)/p-1/b8-7+/t17-,18-,19+,20-,21+,22-,23-,24-,25-,26-,27+,28+,29+/m1/s1. The lowest BCUT2D eigenvalue weighted by Gasteiger charge is -2.68. The van der Waals surface area contributed by atoms with E-state index < -0.39 is 74.8 Å². The number of hydrogen-bond donors (Lipinski definition) is 6. The average molecular weight is 590 g/mol. The first kappa shape index (κ1) is 32.3. The van der Waals surface area contributed by atoms with Gasteiger partial charge in [-0.1, -0.05) is 39.8 Å². The summed E-state index contributed by atoms with van der Waals surface area (Å²) in [5, 5.41) is 67.9. The van der Waals surface area contributed by atoms with Crippen molar-refractivity contribution < 1.29 is 47.8 Å². The molecule has 4 aliphatic carbocycles. The molecule has 6 N–H and O–H groups in total. The summed E-state index contributed by atoms with van der Waals surface area (Å²) >= 11 is 0. The SMILES string of the molecule is CC[C@H](/C=C/[C@@H](C)[C@H]1C[C@H](O)[C@@H]2[C@]1(C)CC[C@H]1[C@@]2(O)C[C@@H](O)[C@@]2(O)C[C@@H](O)CC[C@]12C)[C@@](C)(O)COS(=O)(=O)[O-]. The van der Waals surface area contributed by atoms with Gasteiger partial charge in [-0.2, -0.15) is 0 Å². The van der Waals surface area contributed by atoms with Gasteiger partial charge in [0.15, 0.2) is 0 Å².